The van der Waals surface area contributed by atoms with Crippen molar-refractivity contribution in [3.8, 4) is 0 Å². The van der Waals surface area contributed by atoms with E-state index < -0.39 is 0 Å². The Morgan fingerprint density at radius 3 is 2.75 bits per heavy atom. The first kappa shape index (κ1) is 13.0. The molecular formula is C17H15NOS. The van der Waals surface area contributed by atoms with Crippen molar-refractivity contribution in [3.63, 3.8) is 0 Å². The lowest BCUT2D eigenvalue weighted by atomic mass is 10.0. The molecule has 2 nitrogen and oxygen atoms in total. The van der Waals surface area contributed by atoms with Crippen LogP contribution in [0.25, 0.3) is 10.2 Å². The molecule has 0 bridgehead atoms. The van der Waals surface area contributed by atoms with Crippen molar-refractivity contribution >= 4 is 27.3 Å². The van der Waals surface area contributed by atoms with E-state index >= 15 is 0 Å². The van der Waals surface area contributed by atoms with Gasteiger partial charge in [-0.15, -0.1) is 11.3 Å². The highest BCUT2D eigenvalue weighted by Gasteiger charge is 2.13. The van der Waals surface area contributed by atoms with E-state index in [0.29, 0.717) is 11.4 Å². The molecule has 3 rings (SSSR count). The highest BCUT2D eigenvalue weighted by atomic mass is 32.1. The summed E-state index contributed by atoms with van der Waals surface area (Å²) in [6.45, 7) is 4.09. The van der Waals surface area contributed by atoms with Gasteiger partial charge in [-0.2, -0.15) is 0 Å². The summed E-state index contributed by atoms with van der Waals surface area (Å²) >= 11 is 1.47. The third-order valence-electron chi connectivity index (χ3n) is 3.39. The maximum Gasteiger partial charge on any atom is 0.195 e. The van der Waals surface area contributed by atoms with Crippen molar-refractivity contribution in [2.45, 2.75) is 20.3 Å². The van der Waals surface area contributed by atoms with Crippen LogP contribution >= 0.6 is 11.3 Å². The summed E-state index contributed by atoms with van der Waals surface area (Å²) in [5, 5.41) is 0.604. The molecule has 100 valence electrons. The van der Waals surface area contributed by atoms with Crippen LogP contribution in [0.15, 0.2) is 42.5 Å². The fourth-order valence-electron chi connectivity index (χ4n) is 2.23. The molecule has 0 unspecified atom stereocenters. The van der Waals surface area contributed by atoms with E-state index in [9.17, 15) is 4.79 Å². The monoisotopic (exact) mass is 281 g/mol. The molecule has 0 aliphatic heterocycles. The quantitative estimate of drug-likeness (QED) is 0.668. The van der Waals surface area contributed by atoms with E-state index in [1.165, 1.54) is 16.9 Å². The zero-order valence-electron chi connectivity index (χ0n) is 11.5. The number of carbonyl (C=O) groups excluding carboxylic acids is 1. The summed E-state index contributed by atoms with van der Waals surface area (Å²) in [5.41, 5.74) is 4.34. The summed E-state index contributed by atoms with van der Waals surface area (Å²) in [5.74, 6) is 0.0971. The van der Waals surface area contributed by atoms with Gasteiger partial charge >= 0.3 is 0 Å². The molecular weight excluding hydrogens is 266 g/mol. The van der Waals surface area contributed by atoms with Crippen molar-refractivity contribution in [1.82, 2.24) is 4.98 Å². The Kier molecular flexibility index (Phi) is 3.36. The summed E-state index contributed by atoms with van der Waals surface area (Å²) in [6, 6.07) is 14.1. The molecule has 3 aromatic rings. The number of Topliss-reactive ketones (excluding diaryl/α,β-unsaturated/α-hetero) is 1. The number of para-hydroxylation sites is 1. The second-order valence-corrected chi connectivity index (χ2v) is 6.05. The molecule has 0 radical (unpaired) electrons. The SMILES string of the molecule is Cc1ccc(C)c(CC(=O)c2nc3ccccc3s2)c1. The van der Waals surface area contributed by atoms with E-state index in [0.717, 1.165) is 21.3 Å². The zero-order valence-corrected chi connectivity index (χ0v) is 12.3. The number of nitrogens with zero attached hydrogens (tertiary/aromatic N) is 1. The van der Waals surface area contributed by atoms with Crippen molar-refractivity contribution in [2.75, 3.05) is 0 Å². The van der Waals surface area contributed by atoms with Crippen molar-refractivity contribution < 1.29 is 4.79 Å². The molecule has 0 aliphatic carbocycles. The topological polar surface area (TPSA) is 30.0 Å². The summed E-state index contributed by atoms with van der Waals surface area (Å²) in [6.07, 6.45) is 0.424. The first-order chi connectivity index (χ1) is 9.63. The molecule has 20 heavy (non-hydrogen) atoms. The van der Waals surface area contributed by atoms with Gasteiger partial charge in [-0.1, -0.05) is 35.9 Å². The van der Waals surface area contributed by atoms with Crippen molar-refractivity contribution in [3.05, 3.63) is 64.2 Å². The fraction of sp³-hybridized carbons (Fsp3) is 0.176. The molecule has 1 aromatic heterocycles. The number of aryl methyl sites for hydroxylation is 2. The molecule has 2 aromatic carbocycles. The lowest BCUT2D eigenvalue weighted by Gasteiger charge is -2.05. The third kappa shape index (κ3) is 2.49. The van der Waals surface area contributed by atoms with Crippen LogP contribution in [0.3, 0.4) is 0 Å². The number of fused-ring (bicyclic) bond motifs is 1. The van der Waals surface area contributed by atoms with Crippen LogP contribution in [0.4, 0.5) is 0 Å². The lowest BCUT2D eigenvalue weighted by Crippen LogP contribution is -2.04. The van der Waals surface area contributed by atoms with Gasteiger partial charge in [-0.05, 0) is 37.1 Å². The van der Waals surface area contributed by atoms with Gasteiger partial charge in [0, 0.05) is 6.42 Å². The number of aromatic nitrogens is 1. The van der Waals surface area contributed by atoms with Crippen LogP contribution in [0.5, 0.6) is 0 Å². The minimum Gasteiger partial charge on any atom is -0.291 e. The Morgan fingerprint density at radius 1 is 1.15 bits per heavy atom. The Bertz CT molecular complexity index is 756. The smallest absolute Gasteiger partial charge is 0.195 e. The van der Waals surface area contributed by atoms with Crippen LogP contribution in [-0.2, 0) is 6.42 Å². The van der Waals surface area contributed by atoms with Gasteiger partial charge in [0.2, 0.25) is 0 Å². The van der Waals surface area contributed by atoms with Crippen LogP contribution in [0.1, 0.15) is 26.5 Å². The van der Waals surface area contributed by atoms with Gasteiger partial charge in [-0.25, -0.2) is 4.98 Å². The van der Waals surface area contributed by atoms with Gasteiger partial charge in [0.15, 0.2) is 10.8 Å². The predicted molar refractivity (Wildman–Crippen MR) is 83.6 cm³/mol. The van der Waals surface area contributed by atoms with Gasteiger partial charge in [-0.3, -0.25) is 4.79 Å². The number of rotatable bonds is 3. The number of hydrogen-bond donors (Lipinski definition) is 0. The van der Waals surface area contributed by atoms with Gasteiger partial charge < -0.3 is 0 Å². The Labute approximate surface area is 122 Å². The average Bonchev–Trinajstić information content (AvgIpc) is 2.87. The Balaban J connectivity index is 1.90. The normalized spacial score (nSPS) is 10.9. The standard InChI is InChI=1S/C17H15NOS/c1-11-7-8-12(2)13(9-11)10-15(19)17-18-14-5-3-4-6-16(14)20-17/h3-9H,10H2,1-2H3. The first-order valence-electron chi connectivity index (χ1n) is 6.58. The highest BCUT2D eigenvalue weighted by molar-refractivity contribution is 7.20. The van der Waals surface area contributed by atoms with Gasteiger partial charge in [0.1, 0.15) is 0 Å². The van der Waals surface area contributed by atoms with Gasteiger partial charge in [0.05, 0.1) is 10.2 Å². The average molecular weight is 281 g/mol. The van der Waals surface area contributed by atoms with Crippen molar-refractivity contribution in [1.29, 1.82) is 0 Å². The molecule has 0 amide bonds. The molecule has 0 fully saturated rings. The summed E-state index contributed by atoms with van der Waals surface area (Å²) in [4.78, 5) is 16.8. The molecule has 0 spiro atoms. The maximum atomic E-state index is 12.4. The molecule has 0 aliphatic rings. The highest BCUT2D eigenvalue weighted by Crippen LogP contribution is 2.23. The second kappa shape index (κ2) is 5.17. The largest absolute Gasteiger partial charge is 0.291 e. The summed E-state index contributed by atoms with van der Waals surface area (Å²) < 4.78 is 1.07. The maximum absolute atomic E-state index is 12.4. The van der Waals surface area contributed by atoms with E-state index in [1.807, 2.05) is 38.1 Å². The van der Waals surface area contributed by atoms with Crippen LogP contribution in [-0.4, -0.2) is 10.8 Å². The number of hydrogen-bond acceptors (Lipinski definition) is 3. The van der Waals surface area contributed by atoms with Crippen LogP contribution in [0, 0.1) is 13.8 Å². The van der Waals surface area contributed by atoms with E-state index in [2.05, 4.69) is 23.2 Å². The molecule has 0 N–H and O–H groups in total. The second-order valence-electron chi connectivity index (χ2n) is 5.02. The van der Waals surface area contributed by atoms with E-state index in [-0.39, 0.29) is 5.78 Å². The number of benzene rings is 2. The van der Waals surface area contributed by atoms with Crippen molar-refractivity contribution in [2.24, 2.45) is 0 Å². The predicted octanol–water partition coefficient (Wildman–Crippen LogP) is 4.34. The summed E-state index contributed by atoms with van der Waals surface area (Å²) in [7, 11) is 0. The molecule has 0 saturated heterocycles. The van der Waals surface area contributed by atoms with Crippen LogP contribution in [0.2, 0.25) is 0 Å². The number of thiazole rings is 1. The minimum atomic E-state index is 0.0971. The van der Waals surface area contributed by atoms with E-state index in [1.54, 1.807) is 0 Å². The van der Waals surface area contributed by atoms with Crippen LogP contribution < -0.4 is 0 Å². The molecule has 0 saturated carbocycles. The lowest BCUT2D eigenvalue weighted by molar-refractivity contribution is 0.0992. The number of ketones is 1. The molecule has 1 heterocycles. The first-order valence-corrected chi connectivity index (χ1v) is 7.40. The zero-order chi connectivity index (χ0) is 14.1. The van der Waals surface area contributed by atoms with Gasteiger partial charge in [0.25, 0.3) is 0 Å². The van der Waals surface area contributed by atoms with E-state index in [4.69, 9.17) is 0 Å². The Morgan fingerprint density at radius 2 is 1.95 bits per heavy atom. The molecule has 0 atom stereocenters. The minimum absolute atomic E-state index is 0.0971. The number of carbonyl (C=O) groups is 1. The fourth-order valence-corrected chi connectivity index (χ4v) is 3.13. The Hall–Kier alpha value is -2.00. The third-order valence-corrected chi connectivity index (χ3v) is 4.47. The molecule has 3 heteroatoms.